The van der Waals surface area contributed by atoms with Gasteiger partial charge in [-0.3, -0.25) is 14.9 Å². The molecule has 0 fully saturated rings. The molecule has 3 aromatic carbocycles. The highest BCUT2D eigenvalue weighted by Gasteiger charge is 2.15. The molecule has 0 radical (unpaired) electrons. The highest BCUT2D eigenvalue weighted by Crippen LogP contribution is 2.27. The highest BCUT2D eigenvalue weighted by atomic mass is 16.6. The number of carbonyl (C=O) groups excluding carboxylic acids is 1. The van der Waals surface area contributed by atoms with Crippen LogP contribution in [-0.4, -0.2) is 22.2 Å². The van der Waals surface area contributed by atoms with Crippen molar-refractivity contribution in [2.75, 3.05) is 0 Å². The lowest BCUT2D eigenvalue weighted by atomic mass is 10.0. The van der Waals surface area contributed by atoms with E-state index in [1.807, 2.05) is 30.3 Å². The van der Waals surface area contributed by atoms with E-state index in [4.69, 9.17) is 0 Å². The maximum absolute atomic E-state index is 12.3. The summed E-state index contributed by atoms with van der Waals surface area (Å²) in [6, 6.07) is 16.9. The zero-order valence-corrected chi connectivity index (χ0v) is 12.9. The maximum atomic E-state index is 12.3. The van der Waals surface area contributed by atoms with Crippen molar-refractivity contribution in [2.45, 2.75) is 0 Å². The Hall–Kier alpha value is -3.74. The van der Waals surface area contributed by atoms with Gasteiger partial charge in [-0.05, 0) is 22.9 Å². The number of fused-ring (bicyclic) bond motifs is 1. The quantitative estimate of drug-likeness (QED) is 0.434. The van der Waals surface area contributed by atoms with E-state index in [2.05, 4.69) is 10.5 Å². The van der Waals surface area contributed by atoms with Gasteiger partial charge >= 0.3 is 5.69 Å². The SMILES string of the molecule is O=C(N/N=C\c1cccc([N+](=O)[O-])c1O)c1cccc2ccccc12. The number of aromatic hydroxyl groups is 1. The minimum absolute atomic E-state index is 0.132. The average molecular weight is 335 g/mol. The van der Waals surface area contributed by atoms with Gasteiger partial charge in [0.2, 0.25) is 5.75 Å². The number of carbonyl (C=O) groups is 1. The second-order valence-electron chi connectivity index (χ2n) is 5.20. The van der Waals surface area contributed by atoms with Crippen LogP contribution in [0.25, 0.3) is 10.8 Å². The Morgan fingerprint density at radius 3 is 2.60 bits per heavy atom. The van der Waals surface area contributed by atoms with E-state index in [1.54, 1.807) is 12.1 Å². The molecule has 0 spiro atoms. The normalized spacial score (nSPS) is 10.9. The number of nitro groups is 1. The number of nitrogens with one attached hydrogen (secondary N) is 1. The predicted molar refractivity (Wildman–Crippen MR) is 93.8 cm³/mol. The Bertz CT molecular complexity index is 993. The summed E-state index contributed by atoms with van der Waals surface area (Å²) < 4.78 is 0. The molecule has 0 unspecified atom stereocenters. The third kappa shape index (κ3) is 3.30. The molecule has 0 aliphatic heterocycles. The van der Waals surface area contributed by atoms with Crippen LogP contribution >= 0.6 is 0 Å². The molecule has 0 saturated carbocycles. The second-order valence-corrected chi connectivity index (χ2v) is 5.20. The number of hydrogen-bond acceptors (Lipinski definition) is 5. The molecule has 0 aliphatic rings. The number of phenolic OH excluding ortho intramolecular Hbond substituents is 1. The van der Waals surface area contributed by atoms with Crippen molar-refractivity contribution in [3.63, 3.8) is 0 Å². The van der Waals surface area contributed by atoms with Crippen molar-refractivity contribution in [2.24, 2.45) is 5.10 Å². The maximum Gasteiger partial charge on any atom is 0.311 e. The molecule has 3 rings (SSSR count). The smallest absolute Gasteiger partial charge is 0.311 e. The largest absolute Gasteiger partial charge is 0.502 e. The lowest BCUT2D eigenvalue weighted by Crippen LogP contribution is -2.17. The topological polar surface area (TPSA) is 105 Å². The van der Waals surface area contributed by atoms with Gasteiger partial charge in [0, 0.05) is 17.2 Å². The van der Waals surface area contributed by atoms with Crippen LogP contribution < -0.4 is 5.43 Å². The fourth-order valence-electron chi connectivity index (χ4n) is 2.44. The Labute approximate surface area is 142 Å². The van der Waals surface area contributed by atoms with Crippen LogP contribution in [0.4, 0.5) is 5.69 Å². The molecule has 0 aliphatic carbocycles. The third-order valence-corrected chi connectivity index (χ3v) is 3.65. The van der Waals surface area contributed by atoms with E-state index in [9.17, 15) is 20.0 Å². The standard InChI is InChI=1S/C18H13N3O4/c22-17-13(7-4-10-16(17)21(24)25)11-19-20-18(23)15-9-3-6-12-5-1-2-8-14(12)15/h1-11,22H,(H,20,23)/b19-11-. The second kappa shape index (κ2) is 6.79. The summed E-state index contributed by atoms with van der Waals surface area (Å²) in [5.41, 5.74) is 2.53. The lowest BCUT2D eigenvalue weighted by molar-refractivity contribution is -0.385. The number of para-hydroxylation sites is 1. The molecular weight excluding hydrogens is 322 g/mol. The number of hydrogen-bond donors (Lipinski definition) is 2. The van der Waals surface area contributed by atoms with Gasteiger partial charge in [-0.15, -0.1) is 0 Å². The Balaban J connectivity index is 1.82. The zero-order valence-electron chi connectivity index (χ0n) is 12.9. The number of nitrogens with zero attached hydrogens (tertiary/aromatic N) is 2. The van der Waals surface area contributed by atoms with E-state index in [-0.39, 0.29) is 5.56 Å². The molecule has 1 amide bonds. The van der Waals surface area contributed by atoms with Crippen molar-refractivity contribution in [3.8, 4) is 5.75 Å². The molecule has 124 valence electrons. The number of amides is 1. The van der Waals surface area contributed by atoms with Gasteiger partial charge in [-0.2, -0.15) is 5.10 Å². The first-order chi connectivity index (χ1) is 12.1. The fraction of sp³-hybridized carbons (Fsp3) is 0. The molecule has 0 heterocycles. The van der Waals surface area contributed by atoms with Crippen molar-refractivity contribution in [1.82, 2.24) is 5.43 Å². The van der Waals surface area contributed by atoms with Gasteiger partial charge in [0.1, 0.15) is 0 Å². The van der Waals surface area contributed by atoms with Crippen molar-refractivity contribution in [1.29, 1.82) is 0 Å². The molecular formula is C18H13N3O4. The molecule has 0 atom stereocenters. The zero-order chi connectivity index (χ0) is 17.8. The molecule has 2 N–H and O–H groups in total. The number of rotatable bonds is 4. The van der Waals surface area contributed by atoms with E-state index >= 15 is 0 Å². The molecule has 25 heavy (non-hydrogen) atoms. The first-order valence-corrected chi connectivity index (χ1v) is 7.35. The molecule has 7 nitrogen and oxygen atoms in total. The van der Waals surface area contributed by atoms with Crippen LogP contribution in [0.1, 0.15) is 15.9 Å². The van der Waals surface area contributed by atoms with Crippen LogP contribution in [0.2, 0.25) is 0 Å². The molecule has 0 aromatic heterocycles. The number of hydrazone groups is 1. The van der Waals surface area contributed by atoms with Crippen molar-refractivity contribution < 1.29 is 14.8 Å². The van der Waals surface area contributed by atoms with Gasteiger partial charge in [-0.25, -0.2) is 5.43 Å². The van der Waals surface area contributed by atoms with Gasteiger partial charge in [0.25, 0.3) is 5.91 Å². The highest BCUT2D eigenvalue weighted by molar-refractivity contribution is 6.07. The summed E-state index contributed by atoms with van der Waals surface area (Å²) in [5, 5.41) is 26.1. The summed E-state index contributed by atoms with van der Waals surface area (Å²) >= 11 is 0. The predicted octanol–water partition coefficient (Wildman–Crippen LogP) is 3.22. The Morgan fingerprint density at radius 2 is 1.80 bits per heavy atom. The van der Waals surface area contributed by atoms with Crippen LogP contribution in [0.5, 0.6) is 5.75 Å². The molecule has 0 bridgehead atoms. The first-order valence-electron chi connectivity index (χ1n) is 7.35. The molecule has 0 saturated heterocycles. The van der Waals surface area contributed by atoms with E-state index in [0.29, 0.717) is 5.56 Å². The van der Waals surface area contributed by atoms with E-state index < -0.39 is 22.3 Å². The Morgan fingerprint density at radius 1 is 1.08 bits per heavy atom. The number of phenols is 1. The number of nitro benzene ring substituents is 1. The number of benzene rings is 3. The third-order valence-electron chi connectivity index (χ3n) is 3.65. The minimum atomic E-state index is -0.693. The van der Waals surface area contributed by atoms with Gasteiger partial charge in [-0.1, -0.05) is 42.5 Å². The summed E-state index contributed by atoms with van der Waals surface area (Å²) in [7, 11) is 0. The van der Waals surface area contributed by atoms with Crippen molar-refractivity contribution in [3.05, 3.63) is 81.9 Å². The summed E-state index contributed by atoms with van der Waals surface area (Å²) in [4.78, 5) is 22.4. The van der Waals surface area contributed by atoms with Crippen molar-refractivity contribution >= 4 is 28.6 Å². The summed E-state index contributed by atoms with van der Waals surface area (Å²) in [6.07, 6.45) is 1.16. The first kappa shape index (κ1) is 16.1. The van der Waals surface area contributed by atoms with Gasteiger partial charge < -0.3 is 5.11 Å². The minimum Gasteiger partial charge on any atom is -0.502 e. The van der Waals surface area contributed by atoms with E-state index in [1.165, 1.54) is 18.2 Å². The molecule has 7 heteroatoms. The lowest BCUT2D eigenvalue weighted by Gasteiger charge is -2.05. The van der Waals surface area contributed by atoms with Gasteiger partial charge in [0.05, 0.1) is 11.1 Å². The van der Waals surface area contributed by atoms with Crippen LogP contribution in [-0.2, 0) is 0 Å². The summed E-state index contributed by atoms with van der Waals surface area (Å²) in [6.45, 7) is 0. The van der Waals surface area contributed by atoms with E-state index in [0.717, 1.165) is 17.0 Å². The fourth-order valence-corrected chi connectivity index (χ4v) is 2.44. The molecule has 3 aromatic rings. The average Bonchev–Trinajstić information content (AvgIpc) is 2.62. The van der Waals surface area contributed by atoms with Gasteiger partial charge in [0.15, 0.2) is 0 Å². The monoisotopic (exact) mass is 335 g/mol. The Kier molecular flexibility index (Phi) is 4.38. The van der Waals surface area contributed by atoms with Crippen LogP contribution in [0, 0.1) is 10.1 Å². The van der Waals surface area contributed by atoms with Crippen LogP contribution in [0.3, 0.4) is 0 Å². The van der Waals surface area contributed by atoms with Crippen LogP contribution in [0.15, 0.2) is 65.8 Å². The summed E-state index contributed by atoms with van der Waals surface area (Å²) in [5.74, 6) is -0.923.